The summed E-state index contributed by atoms with van der Waals surface area (Å²) in [6, 6.07) is 0.717. The lowest BCUT2D eigenvalue weighted by Gasteiger charge is -2.40. The lowest BCUT2D eigenvalue weighted by molar-refractivity contribution is -0.138. The van der Waals surface area contributed by atoms with Crippen LogP contribution in [0.5, 0.6) is 0 Å². The molecule has 2 aliphatic heterocycles. The first-order chi connectivity index (χ1) is 10.9. The smallest absolute Gasteiger partial charge is 0.237 e. The Labute approximate surface area is 141 Å². The Morgan fingerprint density at radius 1 is 0.957 bits per heavy atom. The van der Waals surface area contributed by atoms with Crippen LogP contribution in [0.3, 0.4) is 0 Å². The maximum Gasteiger partial charge on any atom is 0.237 e. The predicted octanol–water partition coefficient (Wildman–Crippen LogP) is 1.97. The zero-order valence-corrected chi connectivity index (χ0v) is 15.3. The zero-order valence-electron chi connectivity index (χ0n) is 15.3. The van der Waals surface area contributed by atoms with Gasteiger partial charge >= 0.3 is 0 Å². The maximum absolute atomic E-state index is 12.7. The van der Waals surface area contributed by atoms with E-state index in [9.17, 15) is 9.59 Å². The number of hydrogen-bond donors (Lipinski definition) is 0. The van der Waals surface area contributed by atoms with Crippen LogP contribution in [0.1, 0.15) is 53.4 Å². The molecule has 2 saturated heterocycles. The van der Waals surface area contributed by atoms with Crippen molar-refractivity contribution in [2.45, 2.75) is 65.5 Å². The summed E-state index contributed by atoms with van der Waals surface area (Å²) in [7, 11) is 0. The monoisotopic (exact) mass is 323 g/mol. The first-order valence-electron chi connectivity index (χ1n) is 9.22. The highest BCUT2D eigenvalue weighted by Crippen LogP contribution is 2.22. The molecule has 0 aromatic carbocycles. The van der Waals surface area contributed by atoms with Crippen LogP contribution >= 0.6 is 0 Å². The van der Waals surface area contributed by atoms with E-state index < -0.39 is 0 Å². The molecular formula is C18H33N3O2. The fourth-order valence-corrected chi connectivity index (χ4v) is 3.90. The Balaban J connectivity index is 1.88. The lowest BCUT2D eigenvalue weighted by Crippen LogP contribution is -2.51. The van der Waals surface area contributed by atoms with E-state index in [2.05, 4.69) is 23.6 Å². The van der Waals surface area contributed by atoms with Crippen molar-refractivity contribution < 1.29 is 9.59 Å². The quantitative estimate of drug-likeness (QED) is 0.797. The van der Waals surface area contributed by atoms with Crippen LogP contribution in [0, 0.1) is 5.92 Å². The standard InChI is InChI=1S/C18H33N3O2/c1-14(2)18(23)20-10-6-9-19(11-12-20)13-17(22)21-15(3)7-5-8-16(21)4/h14-16H,5-13H2,1-4H3/t15-,16-/m0/s1. The van der Waals surface area contributed by atoms with Crippen LogP contribution in [-0.4, -0.2) is 71.3 Å². The summed E-state index contributed by atoms with van der Waals surface area (Å²) in [5.74, 6) is 0.544. The number of nitrogens with zero attached hydrogens (tertiary/aromatic N) is 3. The Morgan fingerprint density at radius 3 is 2.22 bits per heavy atom. The molecule has 2 rings (SSSR count). The number of carbonyl (C=O) groups excluding carboxylic acids is 2. The summed E-state index contributed by atoms with van der Waals surface area (Å²) < 4.78 is 0. The normalized spacial score (nSPS) is 27.2. The molecule has 0 bridgehead atoms. The minimum Gasteiger partial charge on any atom is -0.341 e. The van der Waals surface area contributed by atoms with Crippen LogP contribution in [0.4, 0.5) is 0 Å². The van der Waals surface area contributed by atoms with Crippen LogP contribution in [0.2, 0.25) is 0 Å². The van der Waals surface area contributed by atoms with E-state index in [1.807, 2.05) is 18.7 Å². The lowest BCUT2D eigenvalue weighted by atomic mass is 9.97. The van der Waals surface area contributed by atoms with Gasteiger partial charge in [0, 0.05) is 44.2 Å². The van der Waals surface area contributed by atoms with Gasteiger partial charge in [0.05, 0.1) is 6.54 Å². The van der Waals surface area contributed by atoms with E-state index in [1.165, 1.54) is 6.42 Å². The first kappa shape index (κ1) is 18.2. The number of rotatable bonds is 3. The molecule has 0 radical (unpaired) electrons. The Morgan fingerprint density at radius 2 is 1.61 bits per heavy atom. The molecule has 132 valence electrons. The van der Waals surface area contributed by atoms with Gasteiger partial charge in [0.25, 0.3) is 0 Å². The molecule has 0 aromatic rings. The summed E-state index contributed by atoms with van der Waals surface area (Å²) in [4.78, 5) is 31.1. The molecule has 2 heterocycles. The molecule has 2 atom stereocenters. The van der Waals surface area contributed by atoms with Gasteiger partial charge in [-0.05, 0) is 39.5 Å². The molecule has 5 heteroatoms. The fourth-order valence-electron chi connectivity index (χ4n) is 3.90. The zero-order chi connectivity index (χ0) is 17.0. The topological polar surface area (TPSA) is 43.9 Å². The van der Waals surface area contributed by atoms with E-state index in [0.29, 0.717) is 18.6 Å². The minimum absolute atomic E-state index is 0.0539. The molecular weight excluding hydrogens is 290 g/mol. The largest absolute Gasteiger partial charge is 0.341 e. The molecule has 2 aliphatic rings. The van der Waals surface area contributed by atoms with Crippen LogP contribution in [0.15, 0.2) is 0 Å². The van der Waals surface area contributed by atoms with Gasteiger partial charge in [-0.3, -0.25) is 14.5 Å². The minimum atomic E-state index is 0.0539. The maximum atomic E-state index is 12.7. The van der Waals surface area contributed by atoms with E-state index in [0.717, 1.165) is 45.4 Å². The molecule has 0 N–H and O–H groups in total. The number of carbonyl (C=O) groups is 2. The highest BCUT2D eigenvalue weighted by atomic mass is 16.2. The van der Waals surface area contributed by atoms with Crippen molar-refractivity contribution in [1.29, 1.82) is 0 Å². The SMILES string of the molecule is CC(C)C(=O)N1CCCN(CC(=O)N2[C@@H](C)CCC[C@@H]2C)CC1. The molecule has 23 heavy (non-hydrogen) atoms. The first-order valence-corrected chi connectivity index (χ1v) is 9.22. The number of amides is 2. The predicted molar refractivity (Wildman–Crippen MR) is 92.1 cm³/mol. The number of likely N-dealkylation sites (tertiary alicyclic amines) is 1. The van der Waals surface area contributed by atoms with Crippen LogP contribution in [0.25, 0.3) is 0 Å². The van der Waals surface area contributed by atoms with Crippen molar-refractivity contribution >= 4 is 11.8 Å². The summed E-state index contributed by atoms with van der Waals surface area (Å²) in [6.07, 6.45) is 4.42. The van der Waals surface area contributed by atoms with Crippen LogP contribution < -0.4 is 0 Å². The highest BCUT2D eigenvalue weighted by Gasteiger charge is 2.30. The average molecular weight is 323 g/mol. The van der Waals surface area contributed by atoms with E-state index in [-0.39, 0.29) is 17.7 Å². The fraction of sp³-hybridized carbons (Fsp3) is 0.889. The van der Waals surface area contributed by atoms with Gasteiger partial charge in [-0.15, -0.1) is 0 Å². The Bertz CT molecular complexity index is 414. The van der Waals surface area contributed by atoms with Crippen molar-refractivity contribution in [3.05, 3.63) is 0 Å². The van der Waals surface area contributed by atoms with Crippen molar-refractivity contribution in [2.75, 3.05) is 32.7 Å². The van der Waals surface area contributed by atoms with Gasteiger partial charge < -0.3 is 9.80 Å². The summed E-state index contributed by atoms with van der Waals surface area (Å²) in [6.45, 7) is 12.0. The van der Waals surface area contributed by atoms with E-state index in [4.69, 9.17) is 0 Å². The molecule has 2 fully saturated rings. The molecule has 0 aromatic heterocycles. The summed E-state index contributed by atoms with van der Waals surface area (Å²) in [5.41, 5.74) is 0. The third kappa shape index (κ3) is 4.69. The Kier molecular flexibility index (Phi) is 6.45. The second-order valence-electron chi connectivity index (χ2n) is 7.54. The highest BCUT2D eigenvalue weighted by molar-refractivity contribution is 5.79. The molecule has 0 aliphatic carbocycles. The van der Waals surface area contributed by atoms with Gasteiger partial charge in [-0.2, -0.15) is 0 Å². The van der Waals surface area contributed by atoms with Gasteiger partial charge in [-0.25, -0.2) is 0 Å². The molecule has 0 unspecified atom stereocenters. The van der Waals surface area contributed by atoms with E-state index in [1.54, 1.807) is 0 Å². The number of piperidine rings is 1. The summed E-state index contributed by atoms with van der Waals surface area (Å²) >= 11 is 0. The number of hydrogen-bond acceptors (Lipinski definition) is 3. The third-order valence-electron chi connectivity index (χ3n) is 5.23. The van der Waals surface area contributed by atoms with Crippen molar-refractivity contribution in [1.82, 2.24) is 14.7 Å². The molecule has 0 spiro atoms. The third-order valence-corrected chi connectivity index (χ3v) is 5.23. The molecule has 0 saturated carbocycles. The average Bonchev–Trinajstić information content (AvgIpc) is 2.71. The van der Waals surface area contributed by atoms with Gasteiger partial charge in [0.2, 0.25) is 11.8 Å². The van der Waals surface area contributed by atoms with Gasteiger partial charge in [0.15, 0.2) is 0 Å². The van der Waals surface area contributed by atoms with Crippen LogP contribution in [-0.2, 0) is 9.59 Å². The summed E-state index contributed by atoms with van der Waals surface area (Å²) in [5, 5.41) is 0. The van der Waals surface area contributed by atoms with Crippen molar-refractivity contribution in [3.8, 4) is 0 Å². The van der Waals surface area contributed by atoms with Crippen molar-refractivity contribution in [2.24, 2.45) is 5.92 Å². The Hall–Kier alpha value is -1.10. The molecule has 2 amide bonds. The van der Waals surface area contributed by atoms with E-state index >= 15 is 0 Å². The molecule has 5 nitrogen and oxygen atoms in total. The van der Waals surface area contributed by atoms with Gasteiger partial charge in [-0.1, -0.05) is 13.8 Å². The van der Waals surface area contributed by atoms with Gasteiger partial charge in [0.1, 0.15) is 0 Å². The van der Waals surface area contributed by atoms with Crippen molar-refractivity contribution in [3.63, 3.8) is 0 Å². The second kappa shape index (κ2) is 8.13. The second-order valence-corrected chi connectivity index (χ2v) is 7.54.